The summed E-state index contributed by atoms with van der Waals surface area (Å²) in [5.74, 6) is 1.35. The van der Waals surface area contributed by atoms with Gasteiger partial charge in [-0.1, -0.05) is 18.5 Å². The number of pyridine rings is 1. The Morgan fingerprint density at radius 1 is 1.06 bits per heavy atom. The number of aromatic nitrogens is 1. The number of benzene rings is 2. The first-order chi connectivity index (χ1) is 17.0. The Bertz CT molecular complexity index is 1430. The molecule has 0 aliphatic rings. The van der Waals surface area contributed by atoms with Gasteiger partial charge in [-0.2, -0.15) is 0 Å². The number of halogens is 1. The first kappa shape index (κ1) is 25.7. The van der Waals surface area contributed by atoms with E-state index in [-0.39, 0.29) is 11.4 Å². The van der Waals surface area contributed by atoms with Gasteiger partial charge < -0.3 is 25.8 Å². The van der Waals surface area contributed by atoms with Crippen LogP contribution < -0.4 is 36.7 Å². The van der Waals surface area contributed by atoms with Gasteiger partial charge in [0, 0.05) is 30.3 Å². The molecule has 0 aliphatic heterocycles. The number of ether oxygens (including phenoxy) is 2. The number of nitrogens with two attached hydrogens (primary N) is 1. The van der Waals surface area contributed by atoms with Crippen molar-refractivity contribution >= 4 is 45.9 Å². The van der Waals surface area contributed by atoms with Crippen molar-refractivity contribution in [3.63, 3.8) is 0 Å². The predicted octanol–water partition coefficient (Wildman–Crippen LogP) is 4.24. The lowest BCUT2D eigenvalue weighted by atomic mass is 10.1. The predicted molar refractivity (Wildman–Crippen MR) is 139 cm³/mol. The van der Waals surface area contributed by atoms with Gasteiger partial charge in [0.2, 0.25) is 0 Å². The van der Waals surface area contributed by atoms with Crippen molar-refractivity contribution in [1.29, 1.82) is 0 Å². The molecule has 3 aromatic carbocycles. The van der Waals surface area contributed by atoms with Crippen molar-refractivity contribution in [2.45, 2.75) is 13.3 Å². The number of carbonyl (C=O) groups is 1. The summed E-state index contributed by atoms with van der Waals surface area (Å²) in [5.41, 5.74) is 5.27. The van der Waals surface area contributed by atoms with Crippen LogP contribution in [0.25, 0.3) is 10.9 Å². The topological polar surface area (TPSA) is 133 Å². The van der Waals surface area contributed by atoms with Crippen LogP contribution in [-0.4, -0.2) is 32.0 Å². The van der Waals surface area contributed by atoms with E-state index in [2.05, 4.69) is 21.4 Å². The summed E-state index contributed by atoms with van der Waals surface area (Å²) < 4.78 is 11.2. The Hall–Kier alpha value is -3.95. The number of hydrogen-bond donors (Lipinski definition) is 3. The molecule has 1 aromatic heterocycles. The van der Waals surface area contributed by atoms with Crippen molar-refractivity contribution in [2.75, 3.05) is 31.3 Å². The van der Waals surface area contributed by atoms with Gasteiger partial charge in [0.15, 0.2) is 6.29 Å². The monoisotopic (exact) mass is 496 g/mol. The highest BCUT2D eigenvalue weighted by Crippen LogP contribution is 2.36. The number of aldehydes is 1. The SMILES string of the molecule is CCCNc1c(Nc2ccc(Oc3ccnc4cc(OC)c(C=O)cc34)cc2Cl)c(=O)c1=O.CN. The van der Waals surface area contributed by atoms with E-state index in [4.69, 9.17) is 21.1 Å². The van der Waals surface area contributed by atoms with E-state index in [0.29, 0.717) is 57.3 Å². The lowest BCUT2D eigenvalue weighted by Crippen LogP contribution is -2.36. The zero-order valence-corrected chi connectivity index (χ0v) is 20.2. The molecule has 1 heterocycles. The molecule has 4 N–H and O–H groups in total. The first-order valence-corrected chi connectivity index (χ1v) is 11.2. The highest BCUT2D eigenvalue weighted by Gasteiger charge is 2.21. The lowest BCUT2D eigenvalue weighted by molar-refractivity contribution is 0.112. The van der Waals surface area contributed by atoms with Gasteiger partial charge in [-0.25, -0.2) is 0 Å². The molecular weight excluding hydrogens is 472 g/mol. The van der Waals surface area contributed by atoms with Crippen LogP contribution in [0.3, 0.4) is 0 Å². The van der Waals surface area contributed by atoms with E-state index in [0.717, 1.165) is 6.42 Å². The molecule has 0 saturated carbocycles. The smallest absolute Gasteiger partial charge is 0.253 e. The van der Waals surface area contributed by atoms with E-state index < -0.39 is 10.9 Å². The number of fused-ring (bicyclic) bond motifs is 1. The van der Waals surface area contributed by atoms with Crippen LogP contribution in [0.4, 0.5) is 17.1 Å². The molecule has 10 heteroatoms. The number of methoxy groups -OCH3 is 1. The van der Waals surface area contributed by atoms with Crippen molar-refractivity contribution in [1.82, 2.24) is 4.98 Å². The molecule has 0 aliphatic carbocycles. The molecule has 0 saturated heterocycles. The van der Waals surface area contributed by atoms with Crippen LogP contribution in [0.15, 0.2) is 52.2 Å². The molecule has 0 radical (unpaired) electrons. The third-order valence-corrected chi connectivity index (χ3v) is 5.38. The number of nitrogens with one attached hydrogen (secondary N) is 2. The average Bonchev–Trinajstić information content (AvgIpc) is 2.89. The largest absolute Gasteiger partial charge is 0.496 e. The molecule has 0 amide bonds. The van der Waals surface area contributed by atoms with Crippen LogP contribution in [0.1, 0.15) is 23.7 Å². The van der Waals surface area contributed by atoms with E-state index in [1.54, 1.807) is 42.6 Å². The summed E-state index contributed by atoms with van der Waals surface area (Å²) in [7, 11) is 2.98. The van der Waals surface area contributed by atoms with Gasteiger partial charge >= 0.3 is 0 Å². The molecule has 0 bridgehead atoms. The Morgan fingerprint density at radius 2 is 1.80 bits per heavy atom. The Labute approximate surface area is 206 Å². The summed E-state index contributed by atoms with van der Waals surface area (Å²) in [6, 6.07) is 9.92. The fraction of sp³-hybridized carbons (Fsp3) is 0.200. The van der Waals surface area contributed by atoms with Crippen molar-refractivity contribution in [3.05, 3.63) is 73.6 Å². The maximum Gasteiger partial charge on any atom is 0.253 e. The minimum absolute atomic E-state index is 0.194. The molecule has 9 nitrogen and oxygen atoms in total. The van der Waals surface area contributed by atoms with Gasteiger partial charge in [-0.3, -0.25) is 19.4 Å². The van der Waals surface area contributed by atoms with Crippen LogP contribution in [0, 0.1) is 0 Å². The van der Waals surface area contributed by atoms with Gasteiger partial charge in [-0.05, 0) is 37.7 Å². The zero-order valence-electron chi connectivity index (χ0n) is 19.5. The van der Waals surface area contributed by atoms with Crippen LogP contribution >= 0.6 is 11.6 Å². The molecule has 35 heavy (non-hydrogen) atoms. The second kappa shape index (κ2) is 11.5. The molecule has 4 rings (SSSR count). The van der Waals surface area contributed by atoms with Gasteiger partial charge in [0.25, 0.3) is 10.9 Å². The van der Waals surface area contributed by atoms with Crippen molar-refractivity contribution < 1.29 is 14.3 Å². The molecule has 4 aromatic rings. The fourth-order valence-electron chi connectivity index (χ4n) is 3.37. The van der Waals surface area contributed by atoms with E-state index in [9.17, 15) is 14.4 Å². The maximum absolute atomic E-state index is 12.0. The van der Waals surface area contributed by atoms with Gasteiger partial charge in [0.1, 0.15) is 28.6 Å². The third-order valence-electron chi connectivity index (χ3n) is 5.07. The minimum atomic E-state index is -0.588. The molecule has 0 spiro atoms. The minimum Gasteiger partial charge on any atom is -0.496 e. The summed E-state index contributed by atoms with van der Waals surface area (Å²) in [6.07, 6.45) is 3.11. The van der Waals surface area contributed by atoms with Gasteiger partial charge in [-0.15, -0.1) is 0 Å². The normalized spacial score (nSPS) is 10.4. The molecular formula is C25H25ClN4O5. The third kappa shape index (κ3) is 5.26. The Kier molecular flexibility index (Phi) is 8.40. The number of anilines is 3. The molecule has 0 unspecified atom stereocenters. The molecule has 0 atom stereocenters. The highest BCUT2D eigenvalue weighted by atomic mass is 35.5. The van der Waals surface area contributed by atoms with Crippen molar-refractivity contribution in [3.8, 4) is 17.2 Å². The average molecular weight is 497 g/mol. The molecule has 182 valence electrons. The maximum atomic E-state index is 12.0. The Balaban J connectivity index is 0.00000167. The van der Waals surface area contributed by atoms with Crippen LogP contribution in [-0.2, 0) is 0 Å². The van der Waals surface area contributed by atoms with E-state index >= 15 is 0 Å². The lowest BCUT2D eigenvalue weighted by Gasteiger charge is -2.16. The number of hydrogen-bond acceptors (Lipinski definition) is 9. The Morgan fingerprint density at radius 3 is 2.46 bits per heavy atom. The zero-order chi connectivity index (χ0) is 25.5. The summed E-state index contributed by atoms with van der Waals surface area (Å²) in [4.78, 5) is 39.5. The quantitative estimate of drug-likeness (QED) is 0.230. The van der Waals surface area contributed by atoms with E-state index in [1.165, 1.54) is 14.2 Å². The molecule has 0 fully saturated rings. The first-order valence-electron chi connectivity index (χ1n) is 10.8. The second-order valence-corrected chi connectivity index (χ2v) is 7.65. The summed E-state index contributed by atoms with van der Waals surface area (Å²) >= 11 is 6.41. The second-order valence-electron chi connectivity index (χ2n) is 7.24. The van der Waals surface area contributed by atoms with Crippen LogP contribution in [0.5, 0.6) is 17.2 Å². The van der Waals surface area contributed by atoms with Crippen molar-refractivity contribution in [2.24, 2.45) is 5.73 Å². The standard InChI is InChI=1S/C24H20ClN3O5.CH5N/c1-3-7-27-21-22(24(31)23(21)30)28-17-5-4-14(10-16(17)25)33-19-6-8-26-18-11-20(32-2)13(12-29)9-15(18)19;1-2/h4-6,8-12,27-28H,3,7H2,1-2H3;2H2,1H3. The summed E-state index contributed by atoms with van der Waals surface area (Å²) in [5, 5.41) is 6.82. The number of carbonyl (C=O) groups excluding carboxylic acids is 1. The number of nitrogens with zero attached hydrogens (tertiary/aromatic N) is 1. The van der Waals surface area contributed by atoms with Crippen LogP contribution in [0.2, 0.25) is 5.02 Å². The highest BCUT2D eigenvalue weighted by molar-refractivity contribution is 6.33. The number of rotatable bonds is 9. The van der Waals surface area contributed by atoms with Gasteiger partial charge in [0.05, 0.1) is 28.9 Å². The van der Waals surface area contributed by atoms with E-state index in [1.807, 2.05) is 6.92 Å². The summed E-state index contributed by atoms with van der Waals surface area (Å²) in [6.45, 7) is 2.54. The fourth-order valence-corrected chi connectivity index (χ4v) is 3.59.